The Morgan fingerprint density at radius 3 is 2.18 bits per heavy atom. The van der Waals surface area contributed by atoms with Crippen molar-refractivity contribution in [1.82, 2.24) is 24.5 Å². The predicted molar refractivity (Wildman–Crippen MR) is 194 cm³/mol. The van der Waals surface area contributed by atoms with Crippen molar-refractivity contribution in [3.8, 4) is 28.3 Å². The summed E-state index contributed by atoms with van der Waals surface area (Å²) in [5, 5.41) is 2.14. The summed E-state index contributed by atoms with van der Waals surface area (Å²) in [6.07, 6.45) is 5.24. The Morgan fingerprint density at radius 2 is 1.49 bits per heavy atom. The molecule has 0 saturated carbocycles. The maximum atomic E-state index is 6.36. The molecule has 0 N–H and O–H groups in total. The van der Waals surface area contributed by atoms with Gasteiger partial charge in [-0.15, -0.1) is 53.6 Å². The number of para-hydroxylation sites is 2. The van der Waals surface area contributed by atoms with E-state index in [-0.39, 0.29) is 20.1 Å². The van der Waals surface area contributed by atoms with Crippen LogP contribution in [0.4, 0.5) is 0 Å². The molecule has 0 spiro atoms. The van der Waals surface area contributed by atoms with Crippen LogP contribution >= 0.6 is 0 Å². The molecule has 0 atom stereocenters. The first-order chi connectivity index (χ1) is 23.3. The number of hydrogen-bond acceptors (Lipinski definition) is 5. The molecule has 0 aliphatic rings. The molecule has 0 amide bonds. The first-order valence-corrected chi connectivity index (χ1v) is 16.4. The standard InChI is InChI=1S/C29H25N4O.C13H12N.Ir/c1-17(2)19-10-7-11-20(18(3)4)26(19)33-28(32-24-15-30-16-31-29(24)33)23-13-8-12-22-21-9-5-6-14-25(21)34-27(22)23;1-10-3-6-12(7-4-10)13-8-5-11(2)9-14-13;/h5-12,14-18H,1-4H3;3-6,8-9H,1-2H3;/q2*-1;. The predicted octanol–water partition coefficient (Wildman–Crippen LogP) is 10.6. The molecule has 4 heterocycles. The van der Waals surface area contributed by atoms with Gasteiger partial charge in [0.25, 0.3) is 0 Å². The smallest absolute Gasteiger partial charge is 0.158 e. The second-order valence-electron chi connectivity index (χ2n) is 12.8. The van der Waals surface area contributed by atoms with Gasteiger partial charge in [-0.05, 0) is 47.2 Å². The summed E-state index contributed by atoms with van der Waals surface area (Å²) in [5.74, 6) is 1.41. The third-order valence-electron chi connectivity index (χ3n) is 8.61. The first-order valence-electron chi connectivity index (χ1n) is 16.4. The molecule has 0 saturated heterocycles. The minimum atomic E-state index is 0. The summed E-state index contributed by atoms with van der Waals surface area (Å²) in [6.45, 7) is 13.0. The fourth-order valence-corrected chi connectivity index (χ4v) is 6.13. The maximum absolute atomic E-state index is 6.36. The van der Waals surface area contributed by atoms with Gasteiger partial charge in [0.15, 0.2) is 5.65 Å². The molecule has 49 heavy (non-hydrogen) atoms. The topological polar surface area (TPSA) is 69.6 Å². The number of aromatic nitrogens is 5. The quantitative estimate of drug-likeness (QED) is 0.162. The van der Waals surface area contributed by atoms with Crippen molar-refractivity contribution in [1.29, 1.82) is 0 Å². The second kappa shape index (κ2) is 14.3. The normalized spacial score (nSPS) is 11.3. The number of imidazole rings is 1. The number of nitrogens with zero attached hydrogens (tertiary/aromatic N) is 5. The summed E-state index contributed by atoms with van der Waals surface area (Å²) in [5.41, 5.74) is 12.0. The molecule has 0 aliphatic carbocycles. The van der Waals surface area contributed by atoms with Crippen LogP contribution in [0.25, 0.3) is 61.4 Å². The van der Waals surface area contributed by atoms with Gasteiger partial charge < -0.3 is 14.0 Å². The van der Waals surface area contributed by atoms with E-state index >= 15 is 0 Å². The van der Waals surface area contributed by atoms with Crippen molar-refractivity contribution >= 4 is 33.1 Å². The van der Waals surface area contributed by atoms with Crippen molar-refractivity contribution in [2.45, 2.75) is 53.4 Å². The van der Waals surface area contributed by atoms with E-state index in [0.717, 1.165) is 61.4 Å². The van der Waals surface area contributed by atoms with Crippen LogP contribution in [0.1, 0.15) is 61.8 Å². The number of benzene rings is 4. The molecular weight excluding hydrogens is 783 g/mol. The number of rotatable bonds is 5. The molecule has 0 aliphatic heterocycles. The molecule has 0 unspecified atom stereocenters. The molecule has 8 rings (SSSR count). The Kier molecular flexibility index (Phi) is 9.86. The largest absolute Gasteiger partial charge is 0.501 e. The van der Waals surface area contributed by atoms with Crippen molar-refractivity contribution in [2.75, 3.05) is 0 Å². The summed E-state index contributed by atoms with van der Waals surface area (Å²) in [6, 6.07) is 35.5. The number of hydrogen-bond donors (Lipinski definition) is 0. The van der Waals surface area contributed by atoms with Crippen LogP contribution in [0.2, 0.25) is 0 Å². The van der Waals surface area contributed by atoms with Gasteiger partial charge in [-0.2, -0.15) is 0 Å². The van der Waals surface area contributed by atoms with E-state index in [9.17, 15) is 0 Å². The number of fused-ring (bicyclic) bond motifs is 4. The Hall–Kier alpha value is -4.97. The summed E-state index contributed by atoms with van der Waals surface area (Å²) >= 11 is 0. The van der Waals surface area contributed by atoms with Crippen molar-refractivity contribution in [2.24, 2.45) is 0 Å². The monoisotopic (exact) mass is 820 g/mol. The van der Waals surface area contributed by atoms with Crippen molar-refractivity contribution < 1.29 is 24.5 Å². The Morgan fingerprint density at radius 1 is 0.735 bits per heavy atom. The zero-order valence-corrected chi connectivity index (χ0v) is 30.8. The van der Waals surface area contributed by atoms with Gasteiger partial charge in [0.1, 0.15) is 17.4 Å². The average Bonchev–Trinajstić information content (AvgIpc) is 3.68. The molecule has 7 heteroatoms. The second-order valence-corrected chi connectivity index (χ2v) is 12.8. The van der Waals surface area contributed by atoms with Crippen LogP contribution in [0.5, 0.6) is 0 Å². The molecular formula is C42H37IrN5O-2. The van der Waals surface area contributed by atoms with Crippen LogP contribution in [0.15, 0.2) is 108 Å². The van der Waals surface area contributed by atoms with E-state index in [1.807, 2.05) is 55.6 Å². The van der Waals surface area contributed by atoms with E-state index in [4.69, 9.17) is 9.40 Å². The SMILES string of the molecule is CC(C)c1cccc(C(C)C)c1-n1c(-c2[c-]ccc3c2oc2ccccc23)nc2cncnc21.Cc1c[c-]c(-c2ccc(C)cn2)cc1.[Ir]. The number of furan rings is 1. The van der Waals surface area contributed by atoms with Crippen LogP contribution < -0.4 is 0 Å². The third kappa shape index (κ3) is 6.57. The summed E-state index contributed by atoms with van der Waals surface area (Å²) in [7, 11) is 0. The minimum absolute atomic E-state index is 0. The van der Waals surface area contributed by atoms with Crippen molar-refractivity contribution in [3.63, 3.8) is 0 Å². The van der Waals surface area contributed by atoms with Gasteiger partial charge in [0.05, 0.1) is 17.6 Å². The van der Waals surface area contributed by atoms with Gasteiger partial charge in [-0.25, -0.2) is 9.97 Å². The van der Waals surface area contributed by atoms with Crippen LogP contribution in [-0.2, 0) is 20.1 Å². The first kappa shape index (κ1) is 33.9. The molecule has 8 aromatic rings. The molecule has 4 aromatic carbocycles. The number of pyridine rings is 1. The van der Waals surface area contributed by atoms with Gasteiger partial charge in [0, 0.05) is 37.4 Å². The molecule has 247 valence electrons. The van der Waals surface area contributed by atoms with E-state index in [1.54, 1.807) is 12.5 Å². The van der Waals surface area contributed by atoms with Gasteiger partial charge in [0.2, 0.25) is 0 Å². The van der Waals surface area contributed by atoms with Crippen LogP contribution in [0.3, 0.4) is 0 Å². The summed E-state index contributed by atoms with van der Waals surface area (Å²) in [4.78, 5) is 18.3. The summed E-state index contributed by atoms with van der Waals surface area (Å²) < 4.78 is 8.54. The third-order valence-corrected chi connectivity index (χ3v) is 8.61. The average molecular weight is 820 g/mol. The zero-order chi connectivity index (χ0) is 33.4. The zero-order valence-electron chi connectivity index (χ0n) is 28.4. The van der Waals surface area contributed by atoms with Crippen molar-refractivity contribution in [3.05, 3.63) is 138 Å². The van der Waals surface area contributed by atoms with E-state index in [0.29, 0.717) is 11.8 Å². The molecule has 0 bridgehead atoms. The van der Waals surface area contributed by atoms with Crippen LogP contribution in [0, 0.1) is 26.0 Å². The minimum Gasteiger partial charge on any atom is -0.501 e. The molecule has 4 aromatic heterocycles. The van der Waals surface area contributed by atoms with E-state index in [1.165, 1.54) is 22.3 Å². The number of aryl methyl sites for hydroxylation is 2. The maximum Gasteiger partial charge on any atom is 0.158 e. The Balaban J connectivity index is 0.000000234. The Labute approximate surface area is 300 Å². The fraction of sp³-hybridized carbons (Fsp3) is 0.190. The van der Waals surface area contributed by atoms with E-state index < -0.39 is 0 Å². The molecule has 1 radical (unpaired) electrons. The molecule has 6 nitrogen and oxygen atoms in total. The Bertz CT molecular complexity index is 2300. The van der Waals surface area contributed by atoms with Gasteiger partial charge in [-0.1, -0.05) is 94.1 Å². The fourth-order valence-electron chi connectivity index (χ4n) is 6.13. The van der Waals surface area contributed by atoms with Crippen LogP contribution in [-0.4, -0.2) is 24.5 Å². The van der Waals surface area contributed by atoms with Gasteiger partial charge in [-0.3, -0.25) is 4.98 Å². The van der Waals surface area contributed by atoms with E-state index in [2.05, 4.69) is 109 Å². The molecule has 0 fully saturated rings. The van der Waals surface area contributed by atoms with Gasteiger partial charge >= 0.3 is 0 Å².